The van der Waals surface area contributed by atoms with Gasteiger partial charge in [-0.3, -0.25) is 0 Å². The topological polar surface area (TPSA) is 54.5 Å². The maximum absolute atomic E-state index is 13.1. The van der Waals surface area contributed by atoms with Gasteiger partial charge in [0.1, 0.15) is 5.60 Å². The lowest BCUT2D eigenvalue weighted by Gasteiger charge is -2.32. The van der Waals surface area contributed by atoms with E-state index in [1.165, 1.54) is 0 Å². The number of piperidine rings is 1. The van der Waals surface area contributed by atoms with E-state index in [0.29, 0.717) is 30.9 Å². The lowest BCUT2D eigenvalue weighted by molar-refractivity contribution is -0.141. The van der Waals surface area contributed by atoms with Gasteiger partial charge in [0.2, 0.25) is 0 Å². The highest BCUT2D eigenvalue weighted by molar-refractivity contribution is 7.11. The maximum atomic E-state index is 13.1. The summed E-state index contributed by atoms with van der Waals surface area (Å²) in [6, 6.07) is 0. The third-order valence-electron chi connectivity index (χ3n) is 3.82. The molecule has 0 unspecified atom stereocenters. The number of hydrogen-bond acceptors (Lipinski definition) is 5. The van der Waals surface area contributed by atoms with E-state index >= 15 is 0 Å². The van der Waals surface area contributed by atoms with Crippen molar-refractivity contribution in [1.82, 2.24) is 15.2 Å². The fourth-order valence-electron chi connectivity index (χ4n) is 2.68. The largest absolute Gasteiger partial charge is 0.444 e. The molecule has 9 heteroatoms. The van der Waals surface area contributed by atoms with Crippen molar-refractivity contribution in [2.75, 3.05) is 20.1 Å². The van der Waals surface area contributed by atoms with Crippen molar-refractivity contribution in [3.8, 4) is 0 Å². The molecule has 0 aromatic carbocycles. The Labute approximate surface area is 149 Å². The molecule has 1 aromatic rings. The number of nitrogens with zero attached hydrogens (tertiary/aromatic N) is 2. The molecule has 1 saturated heterocycles. The van der Waals surface area contributed by atoms with Crippen LogP contribution in [0.25, 0.3) is 0 Å². The van der Waals surface area contributed by atoms with Gasteiger partial charge in [0.05, 0.1) is 9.88 Å². The SMILES string of the molecule is CNCc1sc(C2CCN(C(=O)OC(C)(C)C)CC2)nc1C(F)(F)F. The van der Waals surface area contributed by atoms with Crippen molar-refractivity contribution in [3.63, 3.8) is 0 Å². The Kier molecular flexibility index (Phi) is 5.98. The highest BCUT2D eigenvalue weighted by atomic mass is 32.1. The number of nitrogens with one attached hydrogen (secondary N) is 1. The number of hydrogen-bond donors (Lipinski definition) is 1. The fraction of sp³-hybridized carbons (Fsp3) is 0.750. The van der Waals surface area contributed by atoms with Gasteiger partial charge in [-0.1, -0.05) is 0 Å². The molecule has 0 spiro atoms. The first-order chi connectivity index (χ1) is 11.5. The molecule has 1 fully saturated rings. The molecule has 0 atom stereocenters. The molecule has 0 aliphatic carbocycles. The van der Waals surface area contributed by atoms with E-state index in [1.807, 2.05) is 0 Å². The summed E-state index contributed by atoms with van der Waals surface area (Å²) in [5.41, 5.74) is -1.36. The highest BCUT2D eigenvalue weighted by Crippen LogP contribution is 2.39. The van der Waals surface area contributed by atoms with Gasteiger partial charge >= 0.3 is 12.3 Å². The van der Waals surface area contributed by atoms with Gasteiger partial charge in [-0.05, 0) is 40.7 Å². The molecular weight excluding hydrogens is 355 g/mol. The third-order valence-corrected chi connectivity index (χ3v) is 5.03. The van der Waals surface area contributed by atoms with Crippen LogP contribution in [-0.2, 0) is 17.5 Å². The van der Waals surface area contributed by atoms with Crippen LogP contribution in [0.15, 0.2) is 0 Å². The van der Waals surface area contributed by atoms with E-state index in [0.717, 1.165) is 11.3 Å². The number of alkyl halides is 3. The smallest absolute Gasteiger partial charge is 0.434 e. The zero-order valence-corrected chi connectivity index (χ0v) is 15.7. The molecule has 1 N–H and O–H groups in total. The van der Waals surface area contributed by atoms with Crippen LogP contribution in [0.3, 0.4) is 0 Å². The summed E-state index contributed by atoms with van der Waals surface area (Å²) in [6.45, 7) is 6.46. The Balaban J connectivity index is 2.04. The molecule has 25 heavy (non-hydrogen) atoms. The highest BCUT2D eigenvalue weighted by Gasteiger charge is 2.38. The van der Waals surface area contributed by atoms with Gasteiger partial charge in [-0.2, -0.15) is 13.2 Å². The number of rotatable bonds is 3. The average molecular weight is 379 g/mol. The number of carbonyl (C=O) groups is 1. The van der Waals surface area contributed by atoms with Crippen LogP contribution in [-0.4, -0.2) is 41.7 Å². The van der Waals surface area contributed by atoms with Crippen LogP contribution in [0.5, 0.6) is 0 Å². The second-order valence-electron chi connectivity index (χ2n) is 7.09. The predicted octanol–water partition coefficient (Wildman–Crippen LogP) is 4.00. The van der Waals surface area contributed by atoms with Crippen molar-refractivity contribution in [2.45, 2.75) is 57.9 Å². The Morgan fingerprint density at radius 2 is 1.92 bits per heavy atom. The summed E-state index contributed by atoms with van der Waals surface area (Å²) in [5, 5.41) is 3.26. The van der Waals surface area contributed by atoms with Crippen LogP contribution in [0.1, 0.15) is 55.1 Å². The van der Waals surface area contributed by atoms with Crippen LogP contribution in [0.4, 0.5) is 18.0 Å². The lowest BCUT2D eigenvalue weighted by atomic mass is 9.98. The van der Waals surface area contributed by atoms with Crippen molar-refractivity contribution >= 4 is 17.4 Å². The summed E-state index contributed by atoms with van der Waals surface area (Å²) in [4.78, 5) is 17.8. The molecule has 1 aliphatic heterocycles. The Morgan fingerprint density at radius 1 is 1.32 bits per heavy atom. The molecule has 2 heterocycles. The molecule has 1 aliphatic rings. The zero-order chi connectivity index (χ0) is 18.8. The van der Waals surface area contributed by atoms with Gasteiger partial charge in [-0.25, -0.2) is 9.78 Å². The van der Waals surface area contributed by atoms with E-state index in [2.05, 4.69) is 10.3 Å². The first kappa shape index (κ1) is 20.0. The van der Waals surface area contributed by atoms with Gasteiger partial charge in [-0.15, -0.1) is 11.3 Å². The minimum absolute atomic E-state index is 0.0598. The van der Waals surface area contributed by atoms with Crippen LogP contribution < -0.4 is 5.32 Å². The molecule has 0 bridgehead atoms. The quantitative estimate of drug-likeness (QED) is 0.863. The number of ether oxygens (including phenoxy) is 1. The maximum Gasteiger partial charge on any atom is 0.434 e. The first-order valence-electron chi connectivity index (χ1n) is 8.20. The summed E-state index contributed by atoms with van der Waals surface area (Å²) < 4.78 is 44.7. The Morgan fingerprint density at radius 3 is 2.40 bits per heavy atom. The first-order valence-corrected chi connectivity index (χ1v) is 9.02. The number of aromatic nitrogens is 1. The van der Waals surface area contributed by atoms with E-state index in [1.54, 1.807) is 32.7 Å². The molecule has 1 aromatic heterocycles. The summed E-state index contributed by atoms with van der Waals surface area (Å²) in [7, 11) is 1.61. The second-order valence-corrected chi connectivity index (χ2v) is 8.21. The number of thiazole rings is 1. The molecular formula is C16H24F3N3O2S. The standard InChI is InChI=1S/C16H24F3N3O2S/c1-15(2,3)24-14(23)22-7-5-10(6-8-22)13-21-12(16(17,18)19)11(25-13)9-20-4/h10,20H,5-9H2,1-4H3. The van der Waals surface area contributed by atoms with Gasteiger partial charge in [0, 0.05) is 25.6 Å². The summed E-state index contributed by atoms with van der Waals surface area (Å²) in [5.74, 6) is -0.0598. The summed E-state index contributed by atoms with van der Waals surface area (Å²) >= 11 is 1.11. The number of carbonyl (C=O) groups excluding carboxylic acids is 1. The van der Waals surface area contributed by atoms with E-state index in [9.17, 15) is 18.0 Å². The average Bonchev–Trinajstić information content (AvgIpc) is 2.90. The minimum atomic E-state index is -4.45. The van der Waals surface area contributed by atoms with Crippen molar-refractivity contribution < 1.29 is 22.7 Å². The summed E-state index contributed by atoms with van der Waals surface area (Å²) in [6.07, 6.45) is -3.65. The van der Waals surface area contributed by atoms with Gasteiger partial charge < -0.3 is 15.0 Å². The predicted molar refractivity (Wildman–Crippen MR) is 89.7 cm³/mol. The molecule has 5 nitrogen and oxygen atoms in total. The minimum Gasteiger partial charge on any atom is -0.444 e. The fourth-order valence-corrected chi connectivity index (χ4v) is 3.95. The normalized spacial score (nSPS) is 17.0. The van der Waals surface area contributed by atoms with Crippen LogP contribution in [0, 0.1) is 0 Å². The Hall–Kier alpha value is -1.35. The number of likely N-dealkylation sites (tertiary alicyclic amines) is 1. The van der Waals surface area contributed by atoms with Crippen LogP contribution >= 0.6 is 11.3 Å². The molecule has 2 rings (SSSR count). The van der Waals surface area contributed by atoms with Crippen LogP contribution in [0.2, 0.25) is 0 Å². The molecule has 1 amide bonds. The van der Waals surface area contributed by atoms with Crippen molar-refractivity contribution in [3.05, 3.63) is 15.6 Å². The van der Waals surface area contributed by atoms with Crippen molar-refractivity contribution in [2.24, 2.45) is 0 Å². The molecule has 0 saturated carbocycles. The second kappa shape index (κ2) is 7.49. The monoisotopic (exact) mass is 379 g/mol. The Bertz CT molecular complexity index is 603. The molecule has 142 valence electrons. The zero-order valence-electron chi connectivity index (χ0n) is 14.9. The van der Waals surface area contributed by atoms with Gasteiger partial charge in [0.25, 0.3) is 0 Å². The molecule has 0 radical (unpaired) electrons. The van der Waals surface area contributed by atoms with Crippen molar-refractivity contribution in [1.29, 1.82) is 0 Å². The van der Waals surface area contributed by atoms with Gasteiger partial charge in [0.15, 0.2) is 5.69 Å². The van der Waals surface area contributed by atoms with E-state index in [-0.39, 0.29) is 23.4 Å². The van der Waals surface area contributed by atoms with E-state index in [4.69, 9.17) is 4.74 Å². The van der Waals surface area contributed by atoms with E-state index < -0.39 is 17.5 Å². The number of halogens is 3. The third kappa shape index (κ3) is 5.31. The lowest BCUT2D eigenvalue weighted by Crippen LogP contribution is -2.41. The number of amides is 1.